The third kappa shape index (κ3) is 3.70. The van der Waals surface area contributed by atoms with Crippen LogP contribution in [0.1, 0.15) is 19.4 Å². The van der Waals surface area contributed by atoms with Crippen LogP contribution in [0.25, 0.3) is 0 Å². The predicted octanol–water partition coefficient (Wildman–Crippen LogP) is 1.45. The number of nitrogens with zero attached hydrogens (tertiary/aromatic N) is 1. The minimum absolute atomic E-state index is 0.0688. The highest BCUT2D eigenvalue weighted by Gasteiger charge is 2.20. The highest BCUT2D eigenvalue weighted by molar-refractivity contribution is 5.78. The summed E-state index contributed by atoms with van der Waals surface area (Å²) in [6, 6.07) is 8.25. The van der Waals surface area contributed by atoms with E-state index in [2.05, 4.69) is 19.2 Å². The summed E-state index contributed by atoms with van der Waals surface area (Å²) in [6.45, 7) is 6.69. The summed E-state index contributed by atoms with van der Waals surface area (Å²) in [5.74, 6) is 0.890. The second-order valence-electron chi connectivity index (χ2n) is 4.94. The molecule has 1 atom stereocenters. The molecule has 0 spiro atoms. The summed E-state index contributed by atoms with van der Waals surface area (Å²) >= 11 is 0. The molecular formula is C15H22N2O2. The number of piperazine rings is 1. The second-order valence-corrected chi connectivity index (χ2v) is 4.94. The van der Waals surface area contributed by atoms with Gasteiger partial charge in [-0.05, 0) is 25.0 Å². The van der Waals surface area contributed by atoms with Gasteiger partial charge in [0.1, 0.15) is 5.75 Å². The maximum absolute atomic E-state index is 12.1. The summed E-state index contributed by atoms with van der Waals surface area (Å²) in [7, 11) is 0. The Balaban J connectivity index is 1.89. The largest absolute Gasteiger partial charge is 0.483 e. The van der Waals surface area contributed by atoms with Crippen molar-refractivity contribution in [2.45, 2.75) is 26.3 Å². The molecule has 4 nitrogen and oxygen atoms in total. The number of ether oxygens (including phenoxy) is 1. The quantitative estimate of drug-likeness (QED) is 0.893. The van der Waals surface area contributed by atoms with E-state index in [-0.39, 0.29) is 12.5 Å². The zero-order valence-electron chi connectivity index (χ0n) is 11.7. The Bertz CT molecular complexity index is 434. The van der Waals surface area contributed by atoms with E-state index in [0.717, 1.165) is 37.4 Å². The SMILES string of the molecule is CCc1ccccc1OCC(=O)N1CCNC(C)C1. The van der Waals surface area contributed by atoms with Gasteiger partial charge in [-0.25, -0.2) is 0 Å². The molecule has 4 heteroatoms. The highest BCUT2D eigenvalue weighted by Crippen LogP contribution is 2.18. The first-order chi connectivity index (χ1) is 9.20. The van der Waals surface area contributed by atoms with Crippen LogP contribution in [0.2, 0.25) is 0 Å². The number of nitrogens with one attached hydrogen (secondary N) is 1. The molecular weight excluding hydrogens is 240 g/mol. The maximum atomic E-state index is 12.1. The van der Waals surface area contributed by atoms with Gasteiger partial charge in [0.25, 0.3) is 5.91 Å². The molecule has 1 heterocycles. The first kappa shape index (κ1) is 13.9. The number of carbonyl (C=O) groups is 1. The fourth-order valence-corrected chi connectivity index (χ4v) is 2.33. The number of hydrogen-bond acceptors (Lipinski definition) is 3. The molecule has 104 valence electrons. The lowest BCUT2D eigenvalue weighted by Gasteiger charge is -2.31. The lowest BCUT2D eigenvalue weighted by Crippen LogP contribution is -2.52. The van der Waals surface area contributed by atoms with E-state index in [1.807, 2.05) is 29.2 Å². The fourth-order valence-electron chi connectivity index (χ4n) is 2.33. The van der Waals surface area contributed by atoms with Crippen LogP contribution in [0.3, 0.4) is 0 Å². The van der Waals surface area contributed by atoms with E-state index in [0.29, 0.717) is 6.04 Å². The lowest BCUT2D eigenvalue weighted by molar-refractivity contribution is -0.134. The summed E-state index contributed by atoms with van der Waals surface area (Å²) in [4.78, 5) is 14.0. The molecule has 1 aliphatic rings. The second kappa shape index (κ2) is 6.57. The molecule has 2 rings (SSSR count). The predicted molar refractivity (Wildman–Crippen MR) is 75.4 cm³/mol. The molecule has 1 fully saturated rings. The van der Waals surface area contributed by atoms with Crippen molar-refractivity contribution in [3.05, 3.63) is 29.8 Å². The van der Waals surface area contributed by atoms with Crippen molar-refractivity contribution < 1.29 is 9.53 Å². The molecule has 0 aromatic heterocycles. The van der Waals surface area contributed by atoms with Gasteiger partial charge in [0.05, 0.1) is 0 Å². The average Bonchev–Trinajstić information content (AvgIpc) is 2.45. The maximum Gasteiger partial charge on any atom is 0.260 e. The van der Waals surface area contributed by atoms with Gasteiger partial charge in [-0.2, -0.15) is 0 Å². The summed E-state index contributed by atoms with van der Waals surface area (Å²) in [5, 5.41) is 3.32. The Morgan fingerprint density at radius 3 is 3.00 bits per heavy atom. The Morgan fingerprint density at radius 1 is 1.47 bits per heavy atom. The van der Waals surface area contributed by atoms with Crippen molar-refractivity contribution in [3.63, 3.8) is 0 Å². The lowest BCUT2D eigenvalue weighted by atomic mass is 10.1. The molecule has 1 amide bonds. The number of benzene rings is 1. The number of rotatable bonds is 4. The Morgan fingerprint density at radius 2 is 2.26 bits per heavy atom. The summed E-state index contributed by atoms with van der Waals surface area (Å²) in [6.07, 6.45) is 0.912. The zero-order chi connectivity index (χ0) is 13.7. The number of hydrogen-bond donors (Lipinski definition) is 1. The van der Waals surface area contributed by atoms with Crippen molar-refractivity contribution >= 4 is 5.91 Å². The zero-order valence-corrected chi connectivity index (χ0v) is 11.7. The average molecular weight is 262 g/mol. The van der Waals surface area contributed by atoms with E-state index in [9.17, 15) is 4.79 Å². The van der Waals surface area contributed by atoms with Crippen molar-refractivity contribution in [1.82, 2.24) is 10.2 Å². The van der Waals surface area contributed by atoms with Gasteiger partial charge in [0.15, 0.2) is 6.61 Å². The van der Waals surface area contributed by atoms with E-state index in [1.54, 1.807) is 0 Å². The number of amides is 1. The third-order valence-electron chi connectivity index (χ3n) is 3.43. The fraction of sp³-hybridized carbons (Fsp3) is 0.533. The number of carbonyl (C=O) groups excluding carboxylic acids is 1. The van der Waals surface area contributed by atoms with Crippen LogP contribution in [0, 0.1) is 0 Å². The monoisotopic (exact) mass is 262 g/mol. The first-order valence-corrected chi connectivity index (χ1v) is 6.92. The molecule has 0 radical (unpaired) electrons. The molecule has 0 aliphatic carbocycles. The van der Waals surface area contributed by atoms with Crippen molar-refractivity contribution in [1.29, 1.82) is 0 Å². The van der Waals surface area contributed by atoms with E-state index in [1.165, 1.54) is 0 Å². The minimum Gasteiger partial charge on any atom is -0.483 e. The van der Waals surface area contributed by atoms with Gasteiger partial charge in [-0.1, -0.05) is 25.1 Å². The molecule has 1 N–H and O–H groups in total. The van der Waals surface area contributed by atoms with Crippen LogP contribution in [0.4, 0.5) is 0 Å². The molecule has 0 saturated carbocycles. The molecule has 1 aromatic rings. The van der Waals surface area contributed by atoms with Crippen LogP contribution < -0.4 is 10.1 Å². The number of aryl methyl sites for hydroxylation is 1. The minimum atomic E-state index is 0.0688. The van der Waals surface area contributed by atoms with Crippen LogP contribution in [0.5, 0.6) is 5.75 Å². The Kier molecular flexibility index (Phi) is 4.80. The van der Waals surface area contributed by atoms with Crippen LogP contribution in [0.15, 0.2) is 24.3 Å². The molecule has 1 unspecified atom stereocenters. The summed E-state index contributed by atoms with van der Waals surface area (Å²) in [5.41, 5.74) is 1.14. The third-order valence-corrected chi connectivity index (χ3v) is 3.43. The molecule has 1 aliphatic heterocycles. The Hall–Kier alpha value is -1.55. The summed E-state index contributed by atoms with van der Waals surface area (Å²) < 4.78 is 5.67. The van der Waals surface area contributed by atoms with Crippen molar-refractivity contribution in [2.24, 2.45) is 0 Å². The van der Waals surface area contributed by atoms with Gasteiger partial charge in [0, 0.05) is 25.7 Å². The van der Waals surface area contributed by atoms with Gasteiger partial charge in [0.2, 0.25) is 0 Å². The van der Waals surface area contributed by atoms with Gasteiger partial charge < -0.3 is 15.0 Å². The molecule has 19 heavy (non-hydrogen) atoms. The topological polar surface area (TPSA) is 41.6 Å². The van der Waals surface area contributed by atoms with Crippen molar-refractivity contribution in [2.75, 3.05) is 26.2 Å². The van der Waals surface area contributed by atoms with Crippen molar-refractivity contribution in [3.8, 4) is 5.75 Å². The smallest absolute Gasteiger partial charge is 0.260 e. The normalized spacial score (nSPS) is 19.3. The van der Waals surface area contributed by atoms with Gasteiger partial charge >= 0.3 is 0 Å². The van der Waals surface area contributed by atoms with Crippen LogP contribution in [-0.4, -0.2) is 43.1 Å². The highest BCUT2D eigenvalue weighted by atomic mass is 16.5. The van der Waals surface area contributed by atoms with E-state index < -0.39 is 0 Å². The molecule has 1 saturated heterocycles. The first-order valence-electron chi connectivity index (χ1n) is 6.92. The van der Waals surface area contributed by atoms with E-state index >= 15 is 0 Å². The molecule has 0 bridgehead atoms. The van der Waals surface area contributed by atoms with Crippen LogP contribution in [-0.2, 0) is 11.2 Å². The Labute approximate surface area is 114 Å². The standard InChI is InChI=1S/C15H22N2O2/c1-3-13-6-4-5-7-14(13)19-11-15(18)17-9-8-16-12(2)10-17/h4-7,12,16H,3,8-11H2,1-2H3. The molecule has 1 aromatic carbocycles. The van der Waals surface area contributed by atoms with Gasteiger partial charge in [-0.3, -0.25) is 4.79 Å². The van der Waals surface area contributed by atoms with E-state index in [4.69, 9.17) is 4.74 Å². The van der Waals surface area contributed by atoms with Gasteiger partial charge in [-0.15, -0.1) is 0 Å². The number of para-hydroxylation sites is 1. The van der Waals surface area contributed by atoms with Crippen LogP contribution >= 0.6 is 0 Å².